The van der Waals surface area contributed by atoms with Gasteiger partial charge in [-0.15, -0.1) is 0 Å². The molecule has 1 fully saturated rings. The number of carbonyl (C=O) groups excluding carboxylic acids is 1. The zero-order valence-electron chi connectivity index (χ0n) is 15.6. The van der Waals surface area contributed by atoms with Gasteiger partial charge < -0.3 is 14.2 Å². The molecule has 0 bridgehead atoms. The van der Waals surface area contributed by atoms with Crippen LogP contribution in [0.2, 0.25) is 0 Å². The molecule has 0 saturated carbocycles. The van der Waals surface area contributed by atoms with E-state index in [1.165, 1.54) is 17.8 Å². The summed E-state index contributed by atoms with van der Waals surface area (Å²) in [5.41, 5.74) is -0.415. The highest BCUT2D eigenvalue weighted by Gasteiger charge is 2.31. The Balaban J connectivity index is 1.50. The van der Waals surface area contributed by atoms with Gasteiger partial charge in [0, 0.05) is 37.8 Å². The number of amides is 1. The first-order valence-electron chi connectivity index (χ1n) is 9.03. The molecule has 0 atom stereocenters. The first kappa shape index (κ1) is 19.8. The van der Waals surface area contributed by atoms with Gasteiger partial charge in [0.1, 0.15) is 11.5 Å². The molecule has 0 N–H and O–H groups in total. The Labute approximate surface area is 169 Å². The lowest BCUT2D eigenvalue weighted by Gasteiger charge is -2.32. The normalized spacial score (nSPS) is 19.9. The van der Waals surface area contributed by atoms with Crippen LogP contribution in [0, 0.1) is 0 Å². The van der Waals surface area contributed by atoms with E-state index in [2.05, 4.69) is 21.8 Å². The van der Waals surface area contributed by atoms with Crippen LogP contribution in [0.15, 0.2) is 50.7 Å². The monoisotopic (exact) mass is 421 g/mol. The maximum atomic E-state index is 12.9. The number of alkyl halides is 3. The van der Waals surface area contributed by atoms with E-state index in [0.29, 0.717) is 27.2 Å². The van der Waals surface area contributed by atoms with E-state index in [1.54, 1.807) is 24.3 Å². The van der Waals surface area contributed by atoms with Crippen LogP contribution in [-0.2, 0) is 11.0 Å². The van der Waals surface area contributed by atoms with E-state index < -0.39 is 11.7 Å². The summed E-state index contributed by atoms with van der Waals surface area (Å²) in [7, 11) is 2.05. The lowest BCUT2D eigenvalue weighted by Crippen LogP contribution is -2.46. The number of rotatable bonds is 2. The van der Waals surface area contributed by atoms with Crippen molar-refractivity contribution in [2.75, 3.05) is 33.2 Å². The SMILES string of the molecule is CN1CCN(C2=NC(=O)/C(=C\c3ccc(-c4cccc(C(F)(F)F)c4)o3)S2)CC1. The highest BCUT2D eigenvalue weighted by Crippen LogP contribution is 2.34. The number of carbonyl (C=O) groups is 1. The maximum Gasteiger partial charge on any atom is 0.416 e. The number of aliphatic imine (C=N–C) groups is 1. The molecule has 152 valence electrons. The zero-order valence-corrected chi connectivity index (χ0v) is 16.4. The van der Waals surface area contributed by atoms with Crippen LogP contribution >= 0.6 is 11.8 Å². The van der Waals surface area contributed by atoms with Crippen molar-refractivity contribution in [2.45, 2.75) is 6.18 Å². The van der Waals surface area contributed by atoms with Crippen molar-refractivity contribution < 1.29 is 22.4 Å². The number of hydrogen-bond acceptors (Lipinski definition) is 5. The molecule has 4 rings (SSSR count). The molecule has 1 amide bonds. The number of furan rings is 1. The molecule has 1 aromatic heterocycles. The van der Waals surface area contributed by atoms with Crippen LogP contribution in [0.1, 0.15) is 11.3 Å². The van der Waals surface area contributed by atoms with Crippen molar-refractivity contribution in [1.29, 1.82) is 0 Å². The van der Waals surface area contributed by atoms with Crippen molar-refractivity contribution in [2.24, 2.45) is 4.99 Å². The van der Waals surface area contributed by atoms with Crippen LogP contribution in [0.4, 0.5) is 13.2 Å². The highest BCUT2D eigenvalue weighted by molar-refractivity contribution is 8.18. The van der Waals surface area contributed by atoms with Crippen LogP contribution < -0.4 is 0 Å². The van der Waals surface area contributed by atoms with E-state index in [1.807, 2.05) is 0 Å². The molecular weight excluding hydrogens is 403 g/mol. The molecule has 2 aromatic rings. The number of hydrogen-bond donors (Lipinski definition) is 0. The molecule has 0 spiro atoms. The predicted molar refractivity (Wildman–Crippen MR) is 106 cm³/mol. The fourth-order valence-corrected chi connectivity index (χ4v) is 4.04. The van der Waals surface area contributed by atoms with E-state index in [0.717, 1.165) is 38.3 Å². The minimum absolute atomic E-state index is 0.304. The minimum atomic E-state index is -4.42. The lowest BCUT2D eigenvalue weighted by molar-refractivity contribution is -0.137. The molecule has 0 radical (unpaired) electrons. The van der Waals surface area contributed by atoms with Crippen molar-refractivity contribution in [3.8, 4) is 11.3 Å². The van der Waals surface area contributed by atoms with Gasteiger partial charge in [-0.25, -0.2) is 0 Å². The second kappa shape index (κ2) is 7.72. The summed E-state index contributed by atoms with van der Waals surface area (Å²) in [5.74, 6) is 0.364. The predicted octanol–water partition coefficient (Wildman–Crippen LogP) is 4.18. The summed E-state index contributed by atoms with van der Waals surface area (Å²) >= 11 is 1.29. The Morgan fingerprint density at radius 1 is 1.14 bits per heavy atom. The van der Waals surface area contributed by atoms with Crippen molar-refractivity contribution in [3.05, 3.63) is 52.6 Å². The lowest BCUT2D eigenvalue weighted by atomic mass is 10.1. The van der Waals surface area contributed by atoms with E-state index in [4.69, 9.17) is 4.42 Å². The second-order valence-electron chi connectivity index (χ2n) is 6.88. The van der Waals surface area contributed by atoms with Crippen LogP contribution in [0.25, 0.3) is 17.4 Å². The number of halogens is 3. The van der Waals surface area contributed by atoms with Gasteiger partial charge in [0.2, 0.25) is 0 Å². The molecule has 29 heavy (non-hydrogen) atoms. The molecule has 1 saturated heterocycles. The zero-order chi connectivity index (χ0) is 20.6. The third kappa shape index (κ3) is 4.40. The number of thioether (sulfide) groups is 1. The third-order valence-electron chi connectivity index (χ3n) is 4.76. The first-order chi connectivity index (χ1) is 13.8. The van der Waals surface area contributed by atoms with Gasteiger partial charge >= 0.3 is 6.18 Å². The van der Waals surface area contributed by atoms with Crippen molar-refractivity contribution in [1.82, 2.24) is 9.80 Å². The Bertz CT molecular complexity index is 989. The van der Waals surface area contributed by atoms with Gasteiger partial charge in [-0.05, 0) is 43.1 Å². The Kier molecular flexibility index (Phi) is 5.26. The fourth-order valence-electron chi connectivity index (χ4n) is 3.09. The van der Waals surface area contributed by atoms with Crippen LogP contribution in [0.3, 0.4) is 0 Å². The summed E-state index contributed by atoms with van der Waals surface area (Å²) in [6, 6.07) is 8.17. The topological polar surface area (TPSA) is 49.0 Å². The molecule has 2 aliphatic rings. The third-order valence-corrected chi connectivity index (χ3v) is 5.80. The largest absolute Gasteiger partial charge is 0.457 e. The summed E-state index contributed by atoms with van der Waals surface area (Å²) in [5, 5.41) is 0.680. The van der Waals surface area contributed by atoms with Gasteiger partial charge in [-0.3, -0.25) is 4.79 Å². The Hall–Kier alpha value is -2.52. The summed E-state index contributed by atoms with van der Waals surface area (Å²) in [4.78, 5) is 21.1. The standard InChI is InChI=1S/C20H18F3N3O2S/c1-25-7-9-26(10-8-25)19-24-18(27)17(29-19)12-15-5-6-16(28-15)13-3-2-4-14(11-13)20(21,22)23/h2-6,11-12H,7-10H2,1H3/b17-12+. The van der Waals surface area contributed by atoms with E-state index >= 15 is 0 Å². The fraction of sp³-hybridized carbons (Fsp3) is 0.300. The molecular formula is C20H18F3N3O2S. The molecule has 3 heterocycles. The Morgan fingerprint density at radius 3 is 2.62 bits per heavy atom. The van der Waals surface area contributed by atoms with Crippen molar-refractivity contribution in [3.63, 3.8) is 0 Å². The quantitative estimate of drug-likeness (QED) is 0.681. The second-order valence-corrected chi connectivity index (χ2v) is 7.89. The highest BCUT2D eigenvalue weighted by atomic mass is 32.2. The summed E-state index contributed by atoms with van der Waals surface area (Å²) < 4.78 is 44.4. The molecule has 0 aliphatic carbocycles. The minimum Gasteiger partial charge on any atom is -0.457 e. The molecule has 5 nitrogen and oxygen atoms in total. The molecule has 9 heteroatoms. The van der Waals surface area contributed by atoms with Gasteiger partial charge in [0.05, 0.1) is 10.5 Å². The Morgan fingerprint density at radius 2 is 1.90 bits per heavy atom. The van der Waals surface area contributed by atoms with Gasteiger partial charge in [-0.2, -0.15) is 18.2 Å². The number of piperazine rings is 1. The average Bonchev–Trinajstić information content (AvgIpc) is 3.29. The van der Waals surface area contributed by atoms with E-state index in [-0.39, 0.29) is 5.91 Å². The van der Waals surface area contributed by atoms with Crippen LogP contribution in [0.5, 0.6) is 0 Å². The van der Waals surface area contributed by atoms with Crippen LogP contribution in [-0.4, -0.2) is 54.1 Å². The van der Waals surface area contributed by atoms with E-state index in [9.17, 15) is 18.0 Å². The smallest absolute Gasteiger partial charge is 0.416 e. The number of likely N-dealkylation sites (N-methyl/N-ethyl adjacent to an activating group) is 1. The first-order valence-corrected chi connectivity index (χ1v) is 9.85. The number of amidine groups is 1. The molecule has 2 aliphatic heterocycles. The summed E-state index contributed by atoms with van der Waals surface area (Å²) in [6.45, 7) is 3.43. The van der Waals surface area contributed by atoms with Gasteiger partial charge in [-0.1, -0.05) is 12.1 Å². The maximum absolute atomic E-state index is 12.9. The number of benzene rings is 1. The summed E-state index contributed by atoms with van der Waals surface area (Å²) in [6.07, 6.45) is -2.84. The molecule has 0 unspecified atom stereocenters. The van der Waals surface area contributed by atoms with Gasteiger partial charge in [0.25, 0.3) is 5.91 Å². The van der Waals surface area contributed by atoms with Gasteiger partial charge in [0.15, 0.2) is 5.17 Å². The molecule has 1 aromatic carbocycles. The van der Waals surface area contributed by atoms with Crippen molar-refractivity contribution >= 4 is 28.9 Å². The number of nitrogens with zero attached hydrogens (tertiary/aromatic N) is 3. The average molecular weight is 421 g/mol.